The minimum Gasteiger partial charge on any atom is -0.506 e. The summed E-state index contributed by atoms with van der Waals surface area (Å²) in [5, 5.41) is 9.53. The van der Waals surface area contributed by atoms with Crippen LogP contribution in [0.3, 0.4) is 0 Å². The summed E-state index contributed by atoms with van der Waals surface area (Å²) in [6.45, 7) is 0. The molecule has 0 aliphatic heterocycles. The molecule has 0 aliphatic rings. The van der Waals surface area contributed by atoms with E-state index in [-0.39, 0.29) is 10.8 Å². The van der Waals surface area contributed by atoms with Crippen LogP contribution in [0.4, 0.5) is 0 Å². The van der Waals surface area contributed by atoms with Gasteiger partial charge >= 0.3 is 0 Å². The number of hydrogen-bond acceptors (Lipinski definition) is 2. The van der Waals surface area contributed by atoms with Crippen LogP contribution in [0.15, 0.2) is 46.9 Å². The van der Waals surface area contributed by atoms with E-state index in [9.17, 15) is 5.11 Å². The van der Waals surface area contributed by atoms with Gasteiger partial charge < -0.3 is 9.84 Å². The number of phenols is 1. The Morgan fingerprint density at radius 1 is 1.06 bits per heavy atom. The maximum Gasteiger partial charge on any atom is 0.134 e. The first-order chi connectivity index (χ1) is 7.65. The Labute approximate surface area is 107 Å². The van der Waals surface area contributed by atoms with Crippen LogP contribution in [0.2, 0.25) is 5.02 Å². The highest BCUT2D eigenvalue weighted by Gasteiger charge is 2.02. The average molecular weight is 300 g/mol. The number of benzene rings is 2. The average Bonchev–Trinajstić information content (AvgIpc) is 2.24. The zero-order valence-electron chi connectivity index (χ0n) is 8.15. The molecule has 0 radical (unpaired) electrons. The summed E-state index contributed by atoms with van der Waals surface area (Å²) in [6.07, 6.45) is 0. The molecule has 0 spiro atoms. The highest BCUT2D eigenvalue weighted by molar-refractivity contribution is 9.10. The van der Waals surface area contributed by atoms with Crippen molar-refractivity contribution in [3.05, 3.63) is 52.0 Å². The zero-order valence-corrected chi connectivity index (χ0v) is 10.5. The first-order valence-electron chi connectivity index (χ1n) is 4.57. The molecular formula is C12H8BrClO2. The topological polar surface area (TPSA) is 29.5 Å². The predicted octanol–water partition coefficient (Wildman–Crippen LogP) is 4.60. The summed E-state index contributed by atoms with van der Waals surface area (Å²) in [6, 6.07) is 12.2. The van der Waals surface area contributed by atoms with Crippen molar-refractivity contribution in [2.75, 3.05) is 0 Å². The predicted molar refractivity (Wildman–Crippen MR) is 67.3 cm³/mol. The largest absolute Gasteiger partial charge is 0.506 e. The molecule has 2 nitrogen and oxygen atoms in total. The van der Waals surface area contributed by atoms with Gasteiger partial charge in [-0.1, -0.05) is 33.6 Å². The fourth-order valence-electron chi connectivity index (χ4n) is 1.22. The molecule has 0 saturated heterocycles. The van der Waals surface area contributed by atoms with Gasteiger partial charge in [-0.25, -0.2) is 0 Å². The molecule has 0 bridgehead atoms. The Bertz CT molecular complexity index is 514. The van der Waals surface area contributed by atoms with Gasteiger partial charge in [0, 0.05) is 10.5 Å². The fourth-order valence-corrected chi connectivity index (χ4v) is 1.77. The third-order valence-electron chi connectivity index (χ3n) is 1.95. The second kappa shape index (κ2) is 4.76. The van der Waals surface area contributed by atoms with Crippen molar-refractivity contribution in [3.8, 4) is 17.2 Å². The van der Waals surface area contributed by atoms with Crippen molar-refractivity contribution >= 4 is 27.5 Å². The molecule has 2 aromatic carbocycles. The lowest BCUT2D eigenvalue weighted by molar-refractivity contribution is 0.464. The van der Waals surface area contributed by atoms with E-state index >= 15 is 0 Å². The smallest absolute Gasteiger partial charge is 0.134 e. The summed E-state index contributed by atoms with van der Waals surface area (Å²) < 4.78 is 6.51. The Kier molecular flexibility index (Phi) is 3.36. The molecule has 0 saturated carbocycles. The van der Waals surface area contributed by atoms with Crippen LogP contribution in [0.5, 0.6) is 17.2 Å². The highest BCUT2D eigenvalue weighted by Crippen LogP contribution is 2.30. The number of aromatic hydroxyl groups is 1. The molecule has 2 rings (SSSR count). The van der Waals surface area contributed by atoms with Crippen LogP contribution in [-0.4, -0.2) is 5.11 Å². The minimum atomic E-state index is 0.0447. The van der Waals surface area contributed by atoms with Gasteiger partial charge in [0.25, 0.3) is 0 Å². The van der Waals surface area contributed by atoms with Crippen molar-refractivity contribution in [1.29, 1.82) is 0 Å². The third kappa shape index (κ3) is 2.68. The van der Waals surface area contributed by atoms with E-state index in [0.29, 0.717) is 11.5 Å². The van der Waals surface area contributed by atoms with E-state index in [1.807, 2.05) is 24.3 Å². The first kappa shape index (κ1) is 11.3. The summed E-state index contributed by atoms with van der Waals surface area (Å²) in [5.74, 6) is 1.33. The molecule has 2 aromatic rings. The number of phenolic OH excluding ortho intramolecular Hbond substituents is 1. The molecule has 0 unspecified atom stereocenters. The highest BCUT2D eigenvalue weighted by atomic mass is 79.9. The first-order valence-corrected chi connectivity index (χ1v) is 5.74. The standard InChI is InChI=1S/C12H8BrClO2/c13-8-2-1-3-9(6-8)16-10-4-5-12(15)11(14)7-10/h1-7,15H. The van der Waals surface area contributed by atoms with E-state index in [1.165, 1.54) is 6.07 Å². The minimum absolute atomic E-state index is 0.0447. The van der Waals surface area contributed by atoms with Gasteiger partial charge in [-0.05, 0) is 30.3 Å². The molecule has 16 heavy (non-hydrogen) atoms. The van der Waals surface area contributed by atoms with Gasteiger partial charge in [0.15, 0.2) is 0 Å². The maximum absolute atomic E-state index is 9.26. The molecule has 1 N–H and O–H groups in total. The number of halogens is 2. The Balaban J connectivity index is 2.24. The molecule has 0 amide bonds. The fraction of sp³-hybridized carbons (Fsp3) is 0. The monoisotopic (exact) mass is 298 g/mol. The van der Waals surface area contributed by atoms with Crippen LogP contribution in [-0.2, 0) is 0 Å². The second-order valence-electron chi connectivity index (χ2n) is 3.17. The molecule has 0 atom stereocenters. The molecule has 0 heterocycles. The Hall–Kier alpha value is -1.19. The summed E-state index contributed by atoms with van der Waals surface area (Å²) >= 11 is 9.13. The molecule has 0 aromatic heterocycles. The van der Waals surface area contributed by atoms with Crippen molar-refractivity contribution in [2.45, 2.75) is 0 Å². The van der Waals surface area contributed by atoms with Crippen LogP contribution >= 0.6 is 27.5 Å². The Morgan fingerprint density at radius 2 is 1.81 bits per heavy atom. The van der Waals surface area contributed by atoms with Crippen molar-refractivity contribution in [2.24, 2.45) is 0 Å². The second-order valence-corrected chi connectivity index (χ2v) is 4.50. The lowest BCUT2D eigenvalue weighted by Crippen LogP contribution is -1.83. The Morgan fingerprint density at radius 3 is 2.50 bits per heavy atom. The molecule has 4 heteroatoms. The van der Waals surface area contributed by atoms with E-state index < -0.39 is 0 Å². The summed E-state index contributed by atoms with van der Waals surface area (Å²) in [5.41, 5.74) is 0. The van der Waals surface area contributed by atoms with Gasteiger partial charge in [-0.2, -0.15) is 0 Å². The number of rotatable bonds is 2. The van der Waals surface area contributed by atoms with Crippen molar-refractivity contribution < 1.29 is 9.84 Å². The van der Waals surface area contributed by atoms with Gasteiger partial charge in [0.1, 0.15) is 17.2 Å². The van der Waals surface area contributed by atoms with Crippen LogP contribution in [0.25, 0.3) is 0 Å². The van der Waals surface area contributed by atoms with Crippen LogP contribution in [0, 0.1) is 0 Å². The molecule has 0 aliphatic carbocycles. The summed E-state index contributed by atoms with van der Waals surface area (Å²) in [7, 11) is 0. The lowest BCUT2D eigenvalue weighted by atomic mass is 10.3. The normalized spacial score (nSPS) is 10.1. The van der Waals surface area contributed by atoms with E-state index in [1.54, 1.807) is 12.1 Å². The van der Waals surface area contributed by atoms with Gasteiger partial charge in [0.2, 0.25) is 0 Å². The lowest BCUT2D eigenvalue weighted by Gasteiger charge is -2.06. The molecule has 0 fully saturated rings. The maximum atomic E-state index is 9.26. The van der Waals surface area contributed by atoms with Gasteiger partial charge in [-0.3, -0.25) is 0 Å². The molecule has 82 valence electrons. The quantitative estimate of drug-likeness (QED) is 0.878. The molecular weight excluding hydrogens is 291 g/mol. The van der Waals surface area contributed by atoms with Crippen molar-refractivity contribution in [3.63, 3.8) is 0 Å². The van der Waals surface area contributed by atoms with Crippen LogP contribution in [0.1, 0.15) is 0 Å². The van der Waals surface area contributed by atoms with E-state index in [4.69, 9.17) is 16.3 Å². The SMILES string of the molecule is Oc1ccc(Oc2cccc(Br)c2)cc1Cl. The van der Waals surface area contributed by atoms with Gasteiger partial charge in [-0.15, -0.1) is 0 Å². The van der Waals surface area contributed by atoms with Crippen LogP contribution < -0.4 is 4.74 Å². The van der Waals surface area contributed by atoms with Crippen molar-refractivity contribution in [1.82, 2.24) is 0 Å². The van der Waals surface area contributed by atoms with Gasteiger partial charge in [0.05, 0.1) is 5.02 Å². The van der Waals surface area contributed by atoms with E-state index in [0.717, 1.165) is 4.47 Å². The number of ether oxygens (including phenoxy) is 1. The summed E-state index contributed by atoms with van der Waals surface area (Å²) in [4.78, 5) is 0. The number of hydrogen-bond donors (Lipinski definition) is 1. The van der Waals surface area contributed by atoms with E-state index in [2.05, 4.69) is 15.9 Å². The third-order valence-corrected chi connectivity index (χ3v) is 2.75. The zero-order chi connectivity index (χ0) is 11.5.